The zero-order valence-electron chi connectivity index (χ0n) is 11.8. The van der Waals surface area contributed by atoms with Crippen LogP contribution in [0, 0.1) is 0 Å². The van der Waals surface area contributed by atoms with Crippen molar-refractivity contribution >= 4 is 17.5 Å². The molecule has 4 N–H and O–H groups in total. The number of nitrogens with two attached hydrogens (primary N) is 1. The second kappa shape index (κ2) is 8.12. The lowest BCUT2D eigenvalue weighted by Crippen LogP contribution is -2.37. The molecule has 20 heavy (non-hydrogen) atoms. The standard InChI is InChI=1S/C11H20N6O3/c1-17(6-8(18)13-4-5-19-2)11-9(20-3)10(16-12)14-7-15-11/h7H,4-6,12H2,1-3H3,(H,13,18)(H,14,15,16). The van der Waals surface area contributed by atoms with E-state index in [-0.39, 0.29) is 12.5 Å². The first-order chi connectivity index (χ1) is 9.63. The quantitative estimate of drug-likeness (QED) is 0.315. The Morgan fingerprint density at radius 3 is 2.80 bits per heavy atom. The maximum absolute atomic E-state index is 11.7. The van der Waals surface area contributed by atoms with E-state index in [4.69, 9.17) is 15.3 Å². The molecule has 1 amide bonds. The molecule has 9 nitrogen and oxygen atoms in total. The summed E-state index contributed by atoms with van der Waals surface area (Å²) in [7, 11) is 4.78. The van der Waals surface area contributed by atoms with Gasteiger partial charge in [-0.3, -0.25) is 4.79 Å². The van der Waals surface area contributed by atoms with E-state index in [1.54, 1.807) is 19.1 Å². The van der Waals surface area contributed by atoms with Gasteiger partial charge in [0, 0.05) is 20.7 Å². The number of aromatic nitrogens is 2. The predicted molar refractivity (Wildman–Crippen MR) is 74.5 cm³/mol. The van der Waals surface area contributed by atoms with Crippen LogP contribution >= 0.6 is 0 Å². The molecule has 1 aromatic heterocycles. The number of ether oxygens (including phenoxy) is 2. The maximum atomic E-state index is 11.7. The van der Waals surface area contributed by atoms with Crippen molar-refractivity contribution in [3.05, 3.63) is 6.33 Å². The van der Waals surface area contributed by atoms with E-state index in [9.17, 15) is 4.79 Å². The fourth-order valence-electron chi connectivity index (χ4n) is 1.57. The third kappa shape index (κ3) is 4.21. The molecular weight excluding hydrogens is 264 g/mol. The first kappa shape index (κ1) is 15.9. The van der Waals surface area contributed by atoms with Crippen molar-refractivity contribution < 1.29 is 14.3 Å². The number of likely N-dealkylation sites (N-methyl/N-ethyl adjacent to an activating group) is 1. The Bertz CT molecular complexity index is 442. The zero-order chi connectivity index (χ0) is 15.0. The Kier molecular flexibility index (Phi) is 6.47. The average molecular weight is 284 g/mol. The van der Waals surface area contributed by atoms with Gasteiger partial charge in [0.25, 0.3) is 0 Å². The van der Waals surface area contributed by atoms with Crippen LogP contribution in [0.15, 0.2) is 6.33 Å². The molecule has 0 aliphatic carbocycles. The first-order valence-corrected chi connectivity index (χ1v) is 5.96. The first-order valence-electron chi connectivity index (χ1n) is 5.96. The SMILES string of the molecule is COCCNC(=O)CN(C)c1ncnc(NN)c1OC. The summed E-state index contributed by atoms with van der Waals surface area (Å²) in [6.07, 6.45) is 1.34. The molecule has 0 unspecified atom stereocenters. The molecule has 1 rings (SSSR count). The molecule has 0 radical (unpaired) electrons. The average Bonchev–Trinajstić information content (AvgIpc) is 2.46. The molecule has 9 heteroatoms. The monoisotopic (exact) mass is 284 g/mol. The summed E-state index contributed by atoms with van der Waals surface area (Å²) in [6.45, 7) is 1.05. The Balaban J connectivity index is 2.72. The van der Waals surface area contributed by atoms with Gasteiger partial charge in [-0.2, -0.15) is 0 Å². The number of nitrogens with one attached hydrogen (secondary N) is 2. The number of hydrogen-bond donors (Lipinski definition) is 3. The molecule has 0 saturated heterocycles. The predicted octanol–water partition coefficient (Wildman–Crippen LogP) is -1.03. The van der Waals surface area contributed by atoms with Crippen molar-refractivity contribution in [2.45, 2.75) is 0 Å². The van der Waals surface area contributed by atoms with Crippen LogP contribution in [0.3, 0.4) is 0 Å². The number of methoxy groups -OCH3 is 2. The number of carbonyl (C=O) groups excluding carboxylic acids is 1. The summed E-state index contributed by atoms with van der Waals surface area (Å²) in [5, 5.41) is 2.72. The Labute approximate surface area is 117 Å². The van der Waals surface area contributed by atoms with Crippen molar-refractivity contribution in [1.29, 1.82) is 0 Å². The third-order valence-corrected chi connectivity index (χ3v) is 2.50. The number of carbonyl (C=O) groups is 1. The molecule has 1 heterocycles. The number of rotatable bonds is 8. The Hall–Kier alpha value is -2.13. The second-order valence-electron chi connectivity index (χ2n) is 3.92. The summed E-state index contributed by atoms with van der Waals surface area (Å²) in [6, 6.07) is 0. The number of anilines is 2. The van der Waals surface area contributed by atoms with Crippen molar-refractivity contribution in [3.8, 4) is 5.75 Å². The van der Waals surface area contributed by atoms with Gasteiger partial charge >= 0.3 is 0 Å². The van der Waals surface area contributed by atoms with E-state index < -0.39 is 0 Å². The molecule has 0 saturated carbocycles. The normalized spacial score (nSPS) is 10.0. The zero-order valence-corrected chi connectivity index (χ0v) is 11.8. The lowest BCUT2D eigenvalue weighted by atomic mass is 10.4. The molecule has 0 fully saturated rings. The van der Waals surface area contributed by atoms with Crippen molar-refractivity contribution in [2.75, 3.05) is 51.3 Å². The number of nitrogen functional groups attached to an aromatic ring is 1. The van der Waals surface area contributed by atoms with E-state index in [0.717, 1.165) is 0 Å². The highest BCUT2D eigenvalue weighted by molar-refractivity contribution is 5.81. The molecule has 0 spiro atoms. The highest BCUT2D eigenvalue weighted by atomic mass is 16.5. The van der Waals surface area contributed by atoms with Gasteiger partial charge in [0.2, 0.25) is 11.7 Å². The van der Waals surface area contributed by atoms with Crippen LogP contribution in [0.4, 0.5) is 11.6 Å². The van der Waals surface area contributed by atoms with Crippen molar-refractivity contribution in [1.82, 2.24) is 15.3 Å². The van der Waals surface area contributed by atoms with Gasteiger partial charge in [-0.1, -0.05) is 0 Å². The molecule has 1 aromatic rings. The molecule has 0 bridgehead atoms. The fraction of sp³-hybridized carbons (Fsp3) is 0.545. The summed E-state index contributed by atoms with van der Waals surface area (Å²) >= 11 is 0. The van der Waals surface area contributed by atoms with Crippen LogP contribution in [-0.4, -0.2) is 56.8 Å². The van der Waals surface area contributed by atoms with Gasteiger partial charge in [0.1, 0.15) is 6.33 Å². The van der Waals surface area contributed by atoms with Crippen LogP contribution in [0.2, 0.25) is 0 Å². The number of hydrazine groups is 1. The smallest absolute Gasteiger partial charge is 0.239 e. The summed E-state index contributed by atoms with van der Waals surface area (Å²) in [5.41, 5.74) is 2.42. The second-order valence-corrected chi connectivity index (χ2v) is 3.92. The van der Waals surface area contributed by atoms with Crippen LogP contribution in [0.5, 0.6) is 5.75 Å². The maximum Gasteiger partial charge on any atom is 0.239 e. The number of hydrogen-bond acceptors (Lipinski definition) is 8. The van der Waals surface area contributed by atoms with Crippen LogP contribution in [-0.2, 0) is 9.53 Å². The minimum atomic E-state index is -0.146. The highest BCUT2D eigenvalue weighted by Crippen LogP contribution is 2.30. The lowest BCUT2D eigenvalue weighted by molar-refractivity contribution is -0.119. The minimum Gasteiger partial charge on any atom is -0.490 e. The van der Waals surface area contributed by atoms with Gasteiger partial charge in [0.15, 0.2) is 11.6 Å². The van der Waals surface area contributed by atoms with E-state index in [1.165, 1.54) is 13.4 Å². The molecule has 0 aliphatic heterocycles. The van der Waals surface area contributed by atoms with Crippen LogP contribution in [0.25, 0.3) is 0 Å². The summed E-state index contributed by atoms with van der Waals surface area (Å²) in [5.74, 6) is 6.40. The number of nitrogens with zero attached hydrogens (tertiary/aromatic N) is 3. The third-order valence-electron chi connectivity index (χ3n) is 2.50. The van der Waals surface area contributed by atoms with Crippen molar-refractivity contribution in [3.63, 3.8) is 0 Å². The fourth-order valence-corrected chi connectivity index (χ4v) is 1.57. The van der Waals surface area contributed by atoms with Crippen LogP contribution in [0.1, 0.15) is 0 Å². The highest BCUT2D eigenvalue weighted by Gasteiger charge is 2.17. The van der Waals surface area contributed by atoms with E-state index >= 15 is 0 Å². The molecular formula is C11H20N6O3. The van der Waals surface area contributed by atoms with Gasteiger partial charge in [-0.05, 0) is 0 Å². The topological polar surface area (TPSA) is 115 Å². The van der Waals surface area contributed by atoms with Gasteiger partial charge < -0.3 is 25.1 Å². The van der Waals surface area contributed by atoms with Gasteiger partial charge in [-0.25, -0.2) is 15.8 Å². The number of amides is 1. The Morgan fingerprint density at radius 2 is 2.20 bits per heavy atom. The minimum absolute atomic E-state index is 0.126. The molecule has 112 valence electrons. The largest absolute Gasteiger partial charge is 0.490 e. The lowest BCUT2D eigenvalue weighted by Gasteiger charge is -2.20. The van der Waals surface area contributed by atoms with Crippen molar-refractivity contribution in [2.24, 2.45) is 5.84 Å². The van der Waals surface area contributed by atoms with Gasteiger partial charge in [0.05, 0.1) is 20.3 Å². The van der Waals surface area contributed by atoms with Crippen LogP contribution < -0.4 is 26.2 Å². The molecule has 0 atom stereocenters. The Morgan fingerprint density at radius 1 is 1.45 bits per heavy atom. The molecule has 0 aromatic carbocycles. The van der Waals surface area contributed by atoms with E-state index in [2.05, 4.69) is 20.7 Å². The molecule has 0 aliphatic rings. The van der Waals surface area contributed by atoms with Gasteiger partial charge in [-0.15, -0.1) is 0 Å². The summed E-state index contributed by atoms with van der Waals surface area (Å²) in [4.78, 5) is 21.4. The van der Waals surface area contributed by atoms with E-state index in [1.807, 2.05) is 0 Å². The summed E-state index contributed by atoms with van der Waals surface area (Å²) < 4.78 is 10.1. The van der Waals surface area contributed by atoms with E-state index in [0.29, 0.717) is 30.5 Å².